The van der Waals surface area contributed by atoms with E-state index in [1.165, 1.54) is 16.3 Å². The second-order valence-corrected chi connectivity index (χ2v) is 21.7. The molecule has 1 aromatic heterocycles. The Morgan fingerprint density at radius 2 is 1.08 bits per heavy atom. The summed E-state index contributed by atoms with van der Waals surface area (Å²) in [6, 6.07) is 27.4. The molecular weight excluding hydrogens is 1080 g/mol. The number of rotatable bonds is 34. The van der Waals surface area contributed by atoms with E-state index < -0.39 is 11.9 Å². The number of hydrogen-bond donors (Lipinski definition) is 0. The van der Waals surface area contributed by atoms with Crippen molar-refractivity contribution in [2.75, 3.05) is 51.2 Å². The van der Waals surface area contributed by atoms with Crippen molar-refractivity contribution in [1.29, 1.82) is 0 Å². The van der Waals surface area contributed by atoms with Gasteiger partial charge in [0.2, 0.25) is 17.6 Å². The first-order chi connectivity index (χ1) is 40.6. The first kappa shape index (κ1) is 62.6. The molecule has 4 aromatic carbocycles. The van der Waals surface area contributed by atoms with Crippen molar-refractivity contribution in [1.82, 2.24) is 4.98 Å². The van der Waals surface area contributed by atoms with Crippen molar-refractivity contribution >= 4 is 62.7 Å². The maximum Gasteiger partial charge on any atom is 0.330 e. The lowest BCUT2D eigenvalue weighted by atomic mass is 9.82. The molecule has 0 unspecified atom stereocenters. The first-order valence-corrected chi connectivity index (χ1v) is 29.8. The first-order valence-electron chi connectivity index (χ1n) is 29.0. The molecule has 2 fully saturated rings. The number of benzene rings is 4. The van der Waals surface area contributed by atoms with Crippen molar-refractivity contribution in [3.63, 3.8) is 0 Å². The van der Waals surface area contributed by atoms with Gasteiger partial charge < -0.3 is 42.7 Å². The Morgan fingerprint density at radius 3 is 1.60 bits per heavy atom. The fourth-order valence-corrected chi connectivity index (χ4v) is 10.6. The average Bonchev–Trinajstić information content (AvgIpc) is 4.12. The Labute approximate surface area is 490 Å². The van der Waals surface area contributed by atoms with Crippen molar-refractivity contribution in [3.05, 3.63) is 133 Å². The number of hydrazone groups is 1. The average molecular weight is 1150 g/mol. The molecule has 2 aliphatic rings. The van der Waals surface area contributed by atoms with Gasteiger partial charge in [0, 0.05) is 30.6 Å². The quantitative estimate of drug-likeness (QED) is 0.00718. The van der Waals surface area contributed by atoms with Gasteiger partial charge in [0.25, 0.3) is 0 Å². The van der Waals surface area contributed by atoms with Crippen LogP contribution in [-0.4, -0.2) is 87.2 Å². The molecule has 1 amide bonds. The van der Waals surface area contributed by atoms with Gasteiger partial charge in [-0.2, -0.15) is 10.1 Å². The van der Waals surface area contributed by atoms with Crippen molar-refractivity contribution in [3.8, 4) is 34.5 Å². The number of amides is 1. The molecule has 5 aromatic rings. The number of aromatic nitrogens is 1. The predicted octanol–water partition coefficient (Wildman–Crippen LogP) is 13.3. The zero-order chi connectivity index (χ0) is 58.4. The second kappa shape index (κ2) is 34.4. The highest BCUT2D eigenvalue weighted by Crippen LogP contribution is 2.35. The molecule has 0 aliphatic heterocycles. The van der Waals surface area contributed by atoms with Crippen LogP contribution in [0.2, 0.25) is 0 Å². The van der Waals surface area contributed by atoms with Crippen molar-refractivity contribution < 1.29 is 61.9 Å². The molecule has 18 heteroatoms. The lowest BCUT2D eigenvalue weighted by Crippen LogP contribution is -2.28. The zero-order valence-corrected chi connectivity index (χ0v) is 48.1. The van der Waals surface area contributed by atoms with Gasteiger partial charge in [0.15, 0.2) is 0 Å². The molecule has 440 valence electrons. The maximum absolute atomic E-state index is 13.7. The minimum Gasteiger partial charge on any atom is -0.494 e. The number of nitrogens with zero attached hydrogens (tertiary/aromatic N) is 4. The molecule has 0 spiro atoms. The molecule has 1 heterocycles. The van der Waals surface area contributed by atoms with Gasteiger partial charge >= 0.3 is 23.9 Å². The number of para-hydroxylation sites is 1. The maximum atomic E-state index is 13.7. The third-order valence-electron chi connectivity index (χ3n) is 14.5. The summed E-state index contributed by atoms with van der Waals surface area (Å²) < 4.78 is 47.2. The van der Waals surface area contributed by atoms with Crippen LogP contribution in [0, 0.1) is 30.2 Å². The molecule has 17 nitrogen and oxygen atoms in total. The lowest BCUT2D eigenvalue weighted by Gasteiger charge is -2.28. The molecule has 0 radical (unpaired) electrons. The van der Waals surface area contributed by atoms with Crippen LogP contribution >= 0.6 is 11.3 Å². The van der Waals surface area contributed by atoms with Crippen LogP contribution in [0.5, 0.6) is 34.5 Å². The van der Waals surface area contributed by atoms with Crippen LogP contribution < -0.4 is 33.4 Å². The molecule has 0 N–H and O–H groups in total. The Kier molecular flexibility index (Phi) is 25.9. The van der Waals surface area contributed by atoms with Crippen LogP contribution in [0.1, 0.15) is 121 Å². The molecule has 7 rings (SSSR count). The highest BCUT2D eigenvalue weighted by molar-refractivity contribution is 7.22. The Balaban J connectivity index is 0.893. The van der Waals surface area contributed by atoms with Gasteiger partial charge in [-0.25, -0.2) is 21.1 Å². The number of carbonyl (C=O) groups is 5. The Bertz CT molecular complexity index is 2920. The number of carbonyl (C=O) groups excluding carboxylic acids is 5. The third kappa shape index (κ3) is 21.3. The fraction of sp³-hybridized carbons (Fsp3) is 0.446. The van der Waals surface area contributed by atoms with Gasteiger partial charge in [-0.1, -0.05) is 36.6 Å². The molecule has 83 heavy (non-hydrogen) atoms. The van der Waals surface area contributed by atoms with E-state index in [0.717, 1.165) is 99.4 Å². The number of esters is 4. The van der Waals surface area contributed by atoms with E-state index in [2.05, 4.69) is 18.0 Å². The van der Waals surface area contributed by atoms with Crippen molar-refractivity contribution in [2.45, 2.75) is 116 Å². The topological polar surface area (TPSA) is 192 Å². The van der Waals surface area contributed by atoms with Crippen LogP contribution in [-0.2, 0) is 33.4 Å². The molecule has 0 saturated heterocycles. The van der Waals surface area contributed by atoms with E-state index in [4.69, 9.17) is 54.6 Å². The SMILES string of the molecule is [C-]#[N+]CCCC(=O)N(/N=C/c1cc(OCC2CCC(C(=O)Oc3ccc(OCCCCCCOC(=O)C=C)cc3)CC2)ccc1OCC1CCC(C(=O)Oc2ccc(OCCCCCCOC(=O)C=C)cc2)CC1)c1nc2ccccc2s1. The smallest absolute Gasteiger partial charge is 0.330 e. The summed E-state index contributed by atoms with van der Waals surface area (Å²) in [5.41, 5.74) is 1.34. The molecular formula is C65H76N4O13S. The monoisotopic (exact) mass is 1150 g/mol. The summed E-state index contributed by atoms with van der Waals surface area (Å²) in [6.45, 7) is 17.0. The molecule has 0 atom stereocenters. The summed E-state index contributed by atoms with van der Waals surface area (Å²) in [7, 11) is 0. The number of hydrogen-bond acceptors (Lipinski definition) is 16. The van der Waals surface area contributed by atoms with Gasteiger partial charge in [-0.15, -0.1) is 0 Å². The summed E-state index contributed by atoms with van der Waals surface area (Å²) in [5.74, 6) is 1.83. The number of fused-ring (bicyclic) bond motifs is 1. The highest BCUT2D eigenvalue weighted by Gasteiger charge is 2.30. The number of unbranched alkanes of at least 4 members (excludes halogenated alkanes) is 6. The minimum absolute atomic E-state index is 0.118. The van der Waals surface area contributed by atoms with E-state index in [-0.39, 0.29) is 54.5 Å². The Hall–Kier alpha value is -8.04. The van der Waals surface area contributed by atoms with E-state index in [1.54, 1.807) is 54.7 Å². The van der Waals surface area contributed by atoms with E-state index in [0.29, 0.717) is 117 Å². The number of thiazole rings is 1. The molecule has 2 aliphatic carbocycles. The number of anilines is 1. The van der Waals surface area contributed by atoms with Crippen LogP contribution in [0.4, 0.5) is 5.13 Å². The van der Waals surface area contributed by atoms with E-state index in [1.807, 2.05) is 42.5 Å². The summed E-state index contributed by atoms with van der Waals surface area (Å²) in [6.07, 6.45) is 17.3. The van der Waals surface area contributed by atoms with E-state index in [9.17, 15) is 24.0 Å². The van der Waals surface area contributed by atoms with Gasteiger partial charge in [-0.3, -0.25) is 14.4 Å². The van der Waals surface area contributed by atoms with Gasteiger partial charge in [0.1, 0.15) is 34.5 Å². The lowest BCUT2D eigenvalue weighted by molar-refractivity contribution is -0.141. The fourth-order valence-electron chi connectivity index (χ4n) is 9.67. The summed E-state index contributed by atoms with van der Waals surface area (Å²) in [4.78, 5) is 70.8. The normalized spacial score (nSPS) is 16.7. The number of ether oxygens (including phenoxy) is 8. The van der Waals surface area contributed by atoms with Gasteiger partial charge in [-0.05, 0) is 193 Å². The van der Waals surface area contributed by atoms with Crippen LogP contribution in [0.25, 0.3) is 15.1 Å². The van der Waals surface area contributed by atoms with Crippen LogP contribution in [0.3, 0.4) is 0 Å². The minimum atomic E-state index is -0.405. The second-order valence-electron chi connectivity index (χ2n) is 20.7. The standard InChI is InChI=1S/C65H76N4O13S/c1-4-61(71)77-41-14-8-6-12-39-75-52-28-32-54(33-29-52)81-63(73)49-24-20-47(21-25-49)45-79-56-36-37-58(51(43-56)44-67-69(60(70)19-16-38-66-3)65-68-57-17-10-11-18-59(57)83-65)80-46-48-22-26-50(27-23-48)64(74)82-55-34-30-53(31-35-55)76-40-13-7-9-15-42-78-62(72)5-2/h4-5,10-11,17-18,28-37,43-44,47-50H,1-2,6-9,12-16,19-27,38-42,45-46H2/b67-44+. The van der Waals surface area contributed by atoms with Crippen LogP contribution in [0.15, 0.2) is 121 Å². The molecule has 2 saturated carbocycles. The highest BCUT2D eigenvalue weighted by atomic mass is 32.1. The summed E-state index contributed by atoms with van der Waals surface area (Å²) >= 11 is 1.36. The Morgan fingerprint density at radius 1 is 0.590 bits per heavy atom. The van der Waals surface area contributed by atoms with E-state index >= 15 is 0 Å². The van der Waals surface area contributed by atoms with Crippen molar-refractivity contribution in [2.24, 2.45) is 28.8 Å². The predicted molar refractivity (Wildman–Crippen MR) is 318 cm³/mol. The molecule has 0 bridgehead atoms. The summed E-state index contributed by atoms with van der Waals surface area (Å²) in [5, 5.41) is 6.46. The zero-order valence-electron chi connectivity index (χ0n) is 47.3. The largest absolute Gasteiger partial charge is 0.494 e. The van der Waals surface area contributed by atoms with Gasteiger partial charge in [0.05, 0.1) is 67.9 Å². The third-order valence-corrected chi connectivity index (χ3v) is 15.5.